The highest BCUT2D eigenvalue weighted by atomic mass is 79.9. The van der Waals surface area contributed by atoms with Gasteiger partial charge >= 0.3 is 0 Å². The van der Waals surface area contributed by atoms with Gasteiger partial charge in [0.15, 0.2) is 17.3 Å². The summed E-state index contributed by atoms with van der Waals surface area (Å²) in [6.45, 7) is 0.355. The van der Waals surface area contributed by atoms with Crippen LogP contribution in [0.5, 0.6) is 11.5 Å². The molecule has 3 aromatic carbocycles. The fraction of sp³-hybridized carbons (Fsp3) is 0.241. The average molecular weight is 544 g/mol. The summed E-state index contributed by atoms with van der Waals surface area (Å²) >= 11 is 3.65. The van der Waals surface area contributed by atoms with Crippen molar-refractivity contribution in [1.29, 1.82) is 5.26 Å². The number of Topliss-reactive ketones (excluding diaryl/α,β-unsaturated/α-hetero) is 1. The average Bonchev–Trinajstić information content (AvgIpc) is 2.89. The Morgan fingerprint density at radius 2 is 1.94 bits per heavy atom. The highest BCUT2D eigenvalue weighted by Gasteiger charge is 2.39. The molecule has 2 N–H and O–H groups in total. The number of methoxy groups -OCH3 is 1. The Kier molecular flexibility index (Phi) is 6.46. The number of ketones is 1. The zero-order chi connectivity index (χ0) is 25.4. The van der Waals surface area contributed by atoms with E-state index in [1.807, 2.05) is 43.4 Å². The van der Waals surface area contributed by atoms with E-state index in [9.17, 15) is 10.1 Å². The number of nitriles is 1. The number of carbonyl (C=O) groups is 1. The Morgan fingerprint density at radius 1 is 1.17 bits per heavy atom. The van der Waals surface area contributed by atoms with Crippen molar-refractivity contribution in [3.8, 4) is 17.6 Å². The lowest BCUT2D eigenvalue weighted by atomic mass is 9.76. The molecule has 0 bridgehead atoms. The molecule has 0 unspecified atom stereocenters. The Morgan fingerprint density at radius 3 is 2.72 bits per heavy atom. The SMILES string of the molecule is COc1cc([C@@H]2C(C#N)=C(N)N(C)C3=C2C(=O)CCC3)cc(Br)c1OCc1cccc2ccccc12. The van der Waals surface area contributed by atoms with Crippen LogP contribution in [0.3, 0.4) is 0 Å². The van der Waals surface area contributed by atoms with Crippen LogP contribution in [0, 0.1) is 11.3 Å². The van der Waals surface area contributed by atoms with Crippen LogP contribution in [0.15, 0.2) is 81.7 Å². The second-order valence-electron chi connectivity index (χ2n) is 9.00. The molecule has 1 atom stereocenters. The van der Waals surface area contributed by atoms with Crippen LogP contribution in [0.2, 0.25) is 0 Å². The van der Waals surface area contributed by atoms with Gasteiger partial charge in [-0.1, -0.05) is 42.5 Å². The minimum atomic E-state index is -0.550. The minimum Gasteiger partial charge on any atom is -0.493 e. The summed E-state index contributed by atoms with van der Waals surface area (Å²) in [6.07, 6.45) is 1.99. The molecule has 7 heteroatoms. The largest absolute Gasteiger partial charge is 0.493 e. The summed E-state index contributed by atoms with van der Waals surface area (Å²) in [6, 6.07) is 20.3. The molecule has 0 saturated carbocycles. The van der Waals surface area contributed by atoms with Gasteiger partial charge in [-0.25, -0.2) is 0 Å². The van der Waals surface area contributed by atoms with Crippen molar-refractivity contribution in [2.24, 2.45) is 5.73 Å². The third-order valence-corrected chi connectivity index (χ3v) is 7.59. The van der Waals surface area contributed by atoms with Crippen LogP contribution in [0.4, 0.5) is 0 Å². The third-order valence-electron chi connectivity index (χ3n) is 7.01. The van der Waals surface area contributed by atoms with E-state index in [2.05, 4.69) is 40.2 Å². The van der Waals surface area contributed by atoms with E-state index in [1.54, 1.807) is 12.0 Å². The molecule has 1 heterocycles. The first-order valence-electron chi connectivity index (χ1n) is 11.8. The lowest BCUT2D eigenvalue weighted by Crippen LogP contribution is -2.36. The number of nitrogens with two attached hydrogens (primary N) is 1. The van der Waals surface area contributed by atoms with Crippen LogP contribution in [-0.2, 0) is 11.4 Å². The Balaban J connectivity index is 1.55. The fourth-order valence-corrected chi connectivity index (χ4v) is 5.79. The topological polar surface area (TPSA) is 88.6 Å². The molecule has 0 radical (unpaired) electrons. The maximum Gasteiger partial charge on any atom is 0.175 e. The van der Waals surface area contributed by atoms with Crippen LogP contribution in [-0.4, -0.2) is 24.8 Å². The number of benzene rings is 3. The van der Waals surface area contributed by atoms with E-state index in [4.69, 9.17) is 15.2 Å². The standard InChI is InChI=1S/C29H26BrN3O3/c1-33-23-11-6-12-24(34)27(23)26(21(15-31)29(33)32)19-13-22(30)28(25(14-19)35-2)36-16-18-9-5-8-17-7-3-4-10-20(17)18/h3-5,7-10,13-14,26H,6,11-12,16,32H2,1-2H3/t26-/m1/s1. The van der Waals surface area contributed by atoms with Crippen LogP contribution < -0.4 is 15.2 Å². The molecular weight excluding hydrogens is 518 g/mol. The van der Waals surface area contributed by atoms with Crippen LogP contribution in [0.1, 0.15) is 36.3 Å². The van der Waals surface area contributed by atoms with Crippen molar-refractivity contribution < 1.29 is 14.3 Å². The maximum absolute atomic E-state index is 13.1. The zero-order valence-electron chi connectivity index (χ0n) is 20.2. The van der Waals surface area contributed by atoms with Gasteiger partial charge in [0.1, 0.15) is 12.4 Å². The van der Waals surface area contributed by atoms with Crippen molar-refractivity contribution >= 4 is 32.5 Å². The molecule has 0 amide bonds. The number of rotatable bonds is 5. The first-order chi connectivity index (χ1) is 17.4. The highest BCUT2D eigenvalue weighted by Crippen LogP contribution is 2.47. The summed E-state index contributed by atoms with van der Waals surface area (Å²) in [5.41, 5.74) is 10.1. The van der Waals surface area contributed by atoms with Gasteiger partial charge in [-0.05, 0) is 62.8 Å². The molecule has 1 aliphatic carbocycles. The van der Waals surface area contributed by atoms with Gasteiger partial charge in [-0.2, -0.15) is 5.26 Å². The molecule has 0 saturated heterocycles. The number of ether oxygens (including phenoxy) is 2. The van der Waals surface area contributed by atoms with E-state index in [0.29, 0.717) is 46.0 Å². The van der Waals surface area contributed by atoms with Crippen molar-refractivity contribution in [2.75, 3.05) is 14.2 Å². The molecule has 0 aromatic heterocycles. The zero-order valence-corrected chi connectivity index (χ0v) is 21.8. The van der Waals surface area contributed by atoms with Crippen molar-refractivity contribution in [3.63, 3.8) is 0 Å². The van der Waals surface area contributed by atoms with E-state index < -0.39 is 5.92 Å². The Labute approximate surface area is 218 Å². The summed E-state index contributed by atoms with van der Waals surface area (Å²) in [5.74, 6) is 0.954. The number of hydrogen-bond acceptors (Lipinski definition) is 6. The van der Waals surface area contributed by atoms with E-state index in [1.165, 1.54) is 0 Å². The normalized spacial score (nSPS) is 17.8. The van der Waals surface area contributed by atoms with Gasteiger partial charge in [-0.3, -0.25) is 4.79 Å². The van der Waals surface area contributed by atoms with Gasteiger partial charge < -0.3 is 20.1 Å². The number of hydrogen-bond donors (Lipinski definition) is 1. The summed E-state index contributed by atoms with van der Waals surface area (Å²) in [5, 5.41) is 12.3. The predicted molar refractivity (Wildman–Crippen MR) is 142 cm³/mol. The molecule has 3 aromatic rings. The molecule has 182 valence electrons. The maximum atomic E-state index is 13.1. The molecule has 0 spiro atoms. The van der Waals surface area contributed by atoms with E-state index in [0.717, 1.165) is 40.4 Å². The number of fused-ring (bicyclic) bond motifs is 1. The third kappa shape index (κ3) is 4.02. The second-order valence-corrected chi connectivity index (χ2v) is 9.86. The Bertz CT molecular complexity index is 1480. The van der Waals surface area contributed by atoms with Crippen molar-refractivity contribution in [3.05, 3.63) is 92.9 Å². The predicted octanol–water partition coefficient (Wildman–Crippen LogP) is 5.92. The van der Waals surface area contributed by atoms with Gasteiger partial charge in [0.2, 0.25) is 0 Å². The van der Waals surface area contributed by atoms with Crippen LogP contribution >= 0.6 is 15.9 Å². The number of halogens is 1. The van der Waals surface area contributed by atoms with Crippen molar-refractivity contribution in [2.45, 2.75) is 31.8 Å². The van der Waals surface area contributed by atoms with E-state index in [-0.39, 0.29) is 5.78 Å². The number of allylic oxidation sites excluding steroid dienone is 3. The molecule has 6 nitrogen and oxygen atoms in total. The second kappa shape index (κ2) is 9.71. The van der Waals surface area contributed by atoms with Gasteiger partial charge in [0, 0.05) is 24.7 Å². The smallest absolute Gasteiger partial charge is 0.175 e. The Hall–Kier alpha value is -3.76. The molecule has 5 rings (SSSR count). The number of nitrogens with zero attached hydrogens (tertiary/aromatic N) is 2. The first-order valence-corrected chi connectivity index (χ1v) is 12.6. The summed E-state index contributed by atoms with van der Waals surface area (Å²) in [7, 11) is 3.40. The molecule has 36 heavy (non-hydrogen) atoms. The fourth-order valence-electron chi connectivity index (χ4n) is 5.21. The molecule has 2 aliphatic rings. The van der Waals surface area contributed by atoms with Gasteiger partial charge in [0.05, 0.1) is 29.1 Å². The molecular formula is C29H26BrN3O3. The monoisotopic (exact) mass is 543 g/mol. The lowest BCUT2D eigenvalue weighted by molar-refractivity contribution is -0.116. The minimum absolute atomic E-state index is 0.0553. The summed E-state index contributed by atoms with van der Waals surface area (Å²) < 4.78 is 12.6. The molecule has 1 aliphatic heterocycles. The lowest BCUT2D eigenvalue weighted by Gasteiger charge is -2.37. The highest BCUT2D eigenvalue weighted by molar-refractivity contribution is 9.10. The van der Waals surface area contributed by atoms with Crippen molar-refractivity contribution in [1.82, 2.24) is 4.90 Å². The first kappa shape index (κ1) is 24.0. The van der Waals surface area contributed by atoms with Gasteiger partial charge in [0.25, 0.3) is 0 Å². The van der Waals surface area contributed by atoms with Crippen LogP contribution in [0.25, 0.3) is 10.8 Å². The quantitative estimate of drug-likeness (QED) is 0.429. The van der Waals surface area contributed by atoms with Gasteiger partial charge in [-0.15, -0.1) is 0 Å². The van der Waals surface area contributed by atoms with E-state index >= 15 is 0 Å². The molecule has 0 fully saturated rings. The summed E-state index contributed by atoms with van der Waals surface area (Å²) in [4.78, 5) is 14.9. The number of carbonyl (C=O) groups excluding carboxylic acids is 1.